The van der Waals surface area contributed by atoms with Gasteiger partial charge in [-0.2, -0.15) is 5.10 Å². The van der Waals surface area contributed by atoms with Gasteiger partial charge in [-0.15, -0.1) is 0 Å². The summed E-state index contributed by atoms with van der Waals surface area (Å²) in [6.07, 6.45) is 0.858. The van der Waals surface area contributed by atoms with Crippen LogP contribution in [-0.4, -0.2) is 16.3 Å². The molecule has 0 fully saturated rings. The van der Waals surface area contributed by atoms with Crippen LogP contribution in [0, 0.1) is 6.92 Å². The molecule has 0 spiro atoms. The number of benzene rings is 1. The summed E-state index contributed by atoms with van der Waals surface area (Å²) >= 11 is 3.50. The highest BCUT2D eigenvalue weighted by Crippen LogP contribution is 2.26. The van der Waals surface area contributed by atoms with Crippen LogP contribution in [0.3, 0.4) is 0 Å². The summed E-state index contributed by atoms with van der Waals surface area (Å²) < 4.78 is 2.98. The molecule has 0 saturated carbocycles. The first kappa shape index (κ1) is 12.3. The van der Waals surface area contributed by atoms with Crippen LogP contribution in [0.25, 0.3) is 11.3 Å². The van der Waals surface area contributed by atoms with Gasteiger partial charge in [-0.3, -0.25) is 4.68 Å². The molecule has 3 nitrogen and oxygen atoms in total. The Morgan fingerprint density at radius 3 is 2.82 bits per heavy atom. The van der Waals surface area contributed by atoms with Crippen LogP contribution in [-0.2, 0) is 13.5 Å². The third kappa shape index (κ3) is 2.58. The van der Waals surface area contributed by atoms with Crippen molar-refractivity contribution in [3.63, 3.8) is 0 Å². The monoisotopic (exact) mass is 293 g/mol. The normalized spacial score (nSPS) is 10.8. The van der Waals surface area contributed by atoms with Gasteiger partial charge in [0.25, 0.3) is 0 Å². The summed E-state index contributed by atoms with van der Waals surface area (Å²) in [5, 5.41) is 4.54. The molecule has 1 heterocycles. The summed E-state index contributed by atoms with van der Waals surface area (Å²) in [5.41, 5.74) is 10.2. The Kier molecular flexibility index (Phi) is 3.64. The Hall–Kier alpha value is -1.13. The Morgan fingerprint density at radius 2 is 2.12 bits per heavy atom. The van der Waals surface area contributed by atoms with Crippen molar-refractivity contribution in [1.29, 1.82) is 0 Å². The van der Waals surface area contributed by atoms with Crippen molar-refractivity contribution in [2.75, 3.05) is 6.54 Å². The second-order valence-corrected chi connectivity index (χ2v) is 5.06. The highest BCUT2D eigenvalue weighted by Gasteiger charge is 2.09. The Labute approximate surface area is 110 Å². The van der Waals surface area contributed by atoms with Gasteiger partial charge in [-0.05, 0) is 37.2 Å². The van der Waals surface area contributed by atoms with Gasteiger partial charge in [0.1, 0.15) is 0 Å². The van der Waals surface area contributed by atoms with Gasteiger partial charge >= 0.3 is 0 Å². The zero-order valence-corrected chi connectivity index (χ0v) is 11.7. The fourth-order valence-corrected chi connectivity index (χ4v) is 2.25. The third-order valence-electron chi connectivity index (χ3n) is 2.85. The summed E-state index contributed by atoms with van der Waals surface area (Å²) in [5.74, 6) is 0. The molecule has 1 aromatic heterocycles. The van der Waals surface area contributed by atoms with Gasteiger partial charge in [-0.25, -0.2) is 0 Å². The van der Waals surface area contributed by atoms with Crippen LogP contribution in [0.2, 0.25) is 0 Å². The molecular weight excluding hydrogens is 278 g/mol. The molecule has 0 aliphatic heterocycles. The molecule has 0 radical (unpaired) electrons. The maximum Gasteiger partial charge on any atom is 0.0929 e. The molecule has 0 saturated heterocycles. The van der Waals surface area contributed by atoms with Crippen LogP contribution in [0.15, 0.2) is 28.7 Å². The zero-order chi connectivity index (χ0) is 12.4. The lowest BCUT2D eigenvalue weighted by Crippen LogP contribution is -2.06. The fraction of sp³-hybridized carbons (Fsp3) is 0.308. The molecule has 0 amide bonds. The number of aryl methyl sites for hydroxylation is 2. The van der Waals surface area contributed by atoms with E-state index in [0.29, 0.717) is 6.54 Å². The third-order valence-corrected chi connectivity index (χ3v) is 3.35. The Morgan fingerprint density at radius 1 is 1.35 bits per heavy atom. The molecule has 2 N–H and O–H groups in total. The quantitative estimate of drug-likeness (QED) is 0.945. The zero-order valence-electron chi connectivity index (χ0n) is 10.1. The topological polar surface area (TPSA) is 43.8 Å². The summed E-state index contributed by atoms with van der Waals surface area (Å²) in [6.45, 7) is 2.75. The molecule has 2 rings (SSSR count). The van der Waals surface area contributed by atoms with Crippen molar-refractivity contribution in [2.45, 2.75) is 13.3 Å². The van der Waals surface area contributed by atoms with Crippen LogP contribution in [0.4, 0.5) is 0 Å². The minimum absolute atomic E-state index is 0.649. The largest absolute Gasteiger partial charge is 0.330 e. The number of hydrogen-bond acceptors (Lipinski definition) is 2. The molecule has 0 aliphatic rings. The molecule has 0 bridgehead atoms. The van der Waals surface area contributed by atoms with E-state index >= 15 is 0 Å². The number of aromatic nitrogens is 2. The number of hydrogen-bond donors (Lipinski definition) is 1. The van der Waals surface area contributed by atoms with E-state index in [1.54, 1.807) is 0 Å². The van der Waals surface area contributed by atoms with Crippen LogP contribution < -0.4 is 5.73 Å². The smallest absolute Gasteiger partial charge is 0.0929 e. The van der Waals surface area contributed by atoms with Gasteiger partial charge in [0.05, 0.1) is 5.69 Å². The van der Waals surface area contributed by atoms with E-state index < -0.39 is 0 Å². The lowest BCUT2D eigenvalue weighted by atomic mass is 10.1. The van der Waals surface area contributed by atoms with Gasteiger partial charge < -0.3 is 5.73 Å². The molecule has 0 unspecified atom stereocenters. The van der Waals surface area contributed by atoms with Crippen molar-refractivity contribution in [3.05, 3.63) is 40.0 Å². The Balaban J connectivity index is 2.45. The van der Waals surface area contributed by atoms with E-state index in [1.165, 1.54) is 16.8 Å². The van der Waals surface area contributed by atoms with Crippen LogP contribution >= 0.6 is 15.9 Å². The predicted molar refractivity (Wildman–Crippen MR) is 73.8 cm³/mol. The summed E-state index contributed by atoms with van der Waals surface area (Å²) in [4.78, 5) is 0. The van der Waals surface area contributed by atoms with E-state index in [4.69, 9.17) is 5.73 Å². The van der Waals surface area contributed by atoms with Crippen molar-refractivity contribution in [3.8, 4) is 11.3 Å². The Bertz CT molecular complexity index is 531. The second-order valence-electron chi connectivity index (χ2n) is 4.14. The first-order chi connectivity index (χ1) is 8.11. The van der Waals surface area contributed by atoms with Crippen LogP contribution in [0.1, 0.15) is 11.3 Å². The molecule has 1 aromatic carbocycles. The van der Waals surface area contributed by atoms with Crippen molar-refractivity contribution in [1.82, 2.24) is 9.78 Å². The van der Waals surface area contributed by atoms with E-state index in [-0.39, 0.29) is 0 Å². The molecule has 0 atom stereocenters. The molecular formula is C13H16BrN3. The number of rotatable bonds is 3. The number of nitrogens with two attached hydrogens (primary N) is 1. The predicted octanol–water partition coefficient (Wildman–Crippen LogP) is 2.66. The molecule has 90 valence electrons. The minimum atomic E-state index is 0.649. The van der Waals surface area contributed by atoms with Gasteiger partial charge in [-0.1, -0.05) is 22.0 Å². The van der Waals surface area contributed by atoms with Crippen LogP contribution in [0.5, 0.6) is 0 Å². The SMILES string of the molecule is Cc1ccc(Br)cc1-c1cc(CCN)n(C)n1. The van der Waals surface area contributed by atoms with Crippen molar-refractivity contribution in [2.24, 2.45) is 12.8 Å². The first-order valence-corrected chi connectivity index (χ1v) is 6.40. The van der Waals surface area contributed by atoms with E-state index in [2.05, 4.69) is 46.2 Å². The van der Waals surface area contributed by atoms with E-state index in [9.17, 15) is 0 Å². The maximum atomic E-state index is 5.58. The fourth-order valence-electron chi connectivity index (χ4n) is 1.89. The van der Waals surface area contributed by atoms with Crippen molar-refractivity contribution >= 4 is 15.9 Å². The lowest BCUT2D eigenvalue weighted by molar-refractivity contribution is 0.708. The maximum absolute atomic E-state index is 5.58. The molecule has 17 heavy (non-hydrogen) atoms. The van der Waals surface area contributed by atoms with E-state index in [1.807, 2.05) is 17.8 Å². The molecule has 0 aliphatic carbocycles. The van der Waals surface area contributed by atoms with E-state index in [0.717, 1.165) is 16.6 Å². The molecule has 2 aromatic rings. The van der Waals surface area contributed by atoms with Gasteiger partial charge in [0, 0.05) is 29.2 Å². The number of nitrogens with zero attached hydrogens (tertiary/aromatic N) is 2. The average molecular weight is 294 g/mol. The molecule has 4 heteroatoms. The minimum Gasteiger partial charge on any atom is -0.330 e. The van der Waals surface area contributed by atoms with Gasteiger partial charge in [0.2, 0.25) is 0 Å². The highest BCUT2D eigenvalue weighted by atomic mass is 79.9. The second kappa shape index (κ2) is 5.02. The summed E-state index contributed by atoms with van der Waals surface area (Å²) in [6, 6.07) is 8.35. The summed E-state index contributed by atoms with van der Waals surface area (Å²) in [7, 11) is 1.96. The highest BCUT2D eigenvalue weighted by molar-refractivity contribution is 9.10. The first-order valence-electron chi connectivity index (χ1n) is 5.61. The lowest BCUT2D eigenvalue weighted by Gasteiger charge is -2.02. The average Bonchev–Trinajstić information content (AvgIpc) is 2.64. The standard InChI is InChI=1S/C13H16BrN3/c1-9-3-4-10(14)7-12(9)13-8-11(5-6-15)17(2)16-13/h3-4,7-8H,5-6,15H2,1-2H3. The van der Waals surface area contributed by atoms with Crippen molar-refractivity contribution < 1.29 is 0 Å². The van der Waals surface area contributed by atoms with Gasteiger partial charge in [0.15, 0.2) is 0 Å². The number of halogens is 1.